The Morgan fingerprint density at radius 1 is 1.12 bits per heavy atom. The van der Waals surface area contributed by atoms with Crippen molar-refractivity contribution in [3.05, 3.63) is 46.6 Å². The van der Waals surface area contributed by atoms with Crippen LogP contribution in [0.25, 0.3) is 0 Å². The topological polar surface area (TPSA) is 37.8 Å². The van der Waals surface area contributed by atoms with Crippen LogP contribution in [0.4, 0.5) is 15.9 Å². The number of rotatable bonds is 2. The summed E-state index contributed by atoms with van der Waals surface area (Å²) in [4.78, 5) is 7.24. The minimum absolute atomic E-state index is 0.0159. The molecule has 0 fully saturated rings. The quantitative estimate of drug-likeness (QED) is 0.835. The van der Waals surface area contributed by atoms with E-state index in [0.717, 1.165) is 6.20 Å². The van der Waals surface area contributed by atoms with Gasteiger partial charge in [-0.3, -0.25) is 0 Å². The highest BCUT2D eigenvalue weighted by Gasteiger charge is 2.05. The molecular formula is C10H6Cl2FN3. The summed E-state index contributed by atoms with van der Waals surface area (Å²) in [6, 6.07) is 6.78. The van der Waals surface area contributed by atoms with Crippen molar-refractivity contribution in [2.24, 2.45) is 0 Å². The van der Waals surface area contributed by atoms with E-state index >= 15 is 0 Å². The Hall–Kier alpha value is -1.39. The summed E-state index contributed by atoms with van der Waals surface area (Å²) in [7, 11) is 0. The summed E-state index contributed by atoms with van der Waals surface area (Å²) in [6.07, 6.45) is 1.01. The van der Waals surface area contributed by atoms with Crippen molar-refractivity contribution in [3.8, 4) is 0 Å². The van der Waals surface area contributed by atoms with Gasteiger partial charge in [0, 0.05) is 10.7 Å². The van der Waals surface area contributed by atoms with E-state index in [2.05, 4.69) is 15.3 Å². The first kappa shape index (κ1) is 11.1. The average molecular weight is 258 g/mol. The maximum atomic E-state index is 13.3. The van der Waals surface area contributed by atoms with E-state index in [9.17, 15) is 4.39 Å². The summed E-state index contributed by atoms with van der Waals surface area (Å²) in [5.74, 6) is -0.540. The third-order valence-corrected chi connectivity index (χ3v) is 2.26. The number of nitrogens with zero attached hydrogens (tertiary/aromatic N) is 2. The Bertz CT molecular complexity index is 502. The van der Waals surface area contributed by atoms with E-state index in [4.69, 9.17) is 23.2 Å². The number of nitrogens with one attached hydrogen (secondary N) is 1. The fraction of sp³-hybridized carbons (Fsp3) is 0. The van der Waals surface area contributed by atoms with Crippen LogP contribution in [0.15, 0.2) is 30.5 Å². The molecule has 0 saturated heterocycles. The number of hydrogen-bond donors (Lipinski definition) is 1. The lowest BCUT2D eigenvalue weighted by Gasteiger charge is -2.06. The van der Waals surface area contributed by atoms with E-state index in [1.165, 1.54) is 0 Å². The first-order valence-corrected chi connectivity index (χ1v) is 5.11. The zero-order chi connectivity index (χ0) is 11.5. The maximum absolute atomic E-state index is 13.3. The molecule has 0 aliphatic rings. The van der Waals surface area contributed by atoms with Crippen LogP contribution in [-0.4, -0.2) is 9.97 Å². The molecule has 16 heavy (non-hydrogen) atoms. The molecule has 1 aromatic carbocycles. The molecule has 2 aromatic rings. The van der Waals surface area contributed by atoms with Gasteiger partial charge in [-0.25, -0.2) is 9.37 Å². The molecule has 0 radical (unpaired) electrons. The predicted molar refractivity (Wildman–Crippen MR) is 61.7 cm³/mol. The van der Waals surface area contributed by atoms with Gasteiger partial charge in [0.2, 0.25) is 5.28 Å². The lowest BCUT2D eigenvalue weighted by atomic mass is 10.3. The van der Waals surface area contributed by atoms with Gasteiger partial charge in [0.1, 0.15) is 0 Å². The van der Waals surface area contributed by atoms with Crippen LogP contribution in [0, 0.1) is 5.82 Å². The third-order valence-electron chi connectivity index (χ3n) is 1.82. The van der Waals surface area contributed by atoms with Crippen LogP contribution >= 0.6 is 23.2 Å². The predicted octanol–water partition coefficient (Wildman–Crippen LogP) is 3.67. The fourth-order valence-corrected chi connectivity index (χ4v) is 1.36. The Balaban J connectivity index is 2.26. The molecular weight excluding hydrogens is 252 g/mol. The molecule has 6 heteroatoms. The van der Waals surface area contributed by atoms with Crippen molar-refractivity contribution < 1.29 is 4.39 Å². The Morgan fingerprint density at radius 3 is 2.50 bits per heavy atom. The average Bonchev–Trinajstić information content (AvgIpc) is 2.27. The van der Waals surface area contributed by atoms with Crippen molar-refractivity contribution in [2.75, 3.05) is 5.32 Å². The Labute approximate surface area is 101 Å². The highest BCUT2D eigenvalue weighted by atomic mass is 35.5. The summed E-state index contributed by atoms with van der Waals surface area (Å²) >= 11 is 11.3. The van der Waals surface area contributed by atoms with Crippen LogP contribution in [-0.2, 0) is 0 Å². The lowest BCUT2D eigenvalue weighted by molar-refractivity contribution is 0.619. The van der Waals surface area contributed by atoms with Gasteiger partial charge in [-0.05, 0) is 35.9 Å². The zero-order valence-corrected chi connectivity index (χ0v) is 9.43. The van der Waals surface area contributed by atoms with Crippen LogP contribution in [0.5, 0.6) is 0 Å². The second kappa shape index (κ2) is 4.63. The second-order valence-corrected chi connectivity index (χ2v) is 3.74. The third kappa shape index (κ3) is 2.59. The van der Waals surface area contributed by atoms with Crippen LogP contribution in [0.3, 0.4) is 0 Å². The Kier molecular flexibility index (Phi) is 3.22. The number of anilines is 2. The Morgan fingerprint density at radius 2 is 1.81 bits per heavy atom. The molecule has 1 N–H and O–H groups in total. The molecule has 0 saturated carbocycles. The molecule has 0 unspecified atom stereocenters. The molecule has 0 atom stereocenters. The van der Waals surface area contributed by atoms with E-state index < -0.39 is 5.82 Å². The van der Waals surface area contributed by atoms with Gasteiger partial charge in [-0.2, -0.15) is 4.98 Å². The minimum Gasteiger partial charge on any atom is -0.338 e. The number of aromatic nitrogens is 2. The van der Waals surface area contributed by atoms with Crippen LogP contribution in [0.1, 0.15) is 0 Å². The van der Waals surface area contributed by atoms with E-state index in [1.807, 2.05) is 0 Å². The highest BCUT2D eigenvalue weighted by Crippen LogP contribution is 2.20. The molecule has 0 aliphatic carbocycles. The molecule has 1 heterocycles. The SMILES string of the molecule is Fc1cnc(Cl)nc1Nc1ccc(Cl)cc1. The van der Waals surface area contributed by atoms with Crippen LogP contribution < -0.4 is 5.32 Å². The molecule has 2 rings (SSSR count). The minimum atomic E-state index is -0.570. The lowest BCUT2D eigenvalue weighted by Crippen LogP contribution is -1.98. The normalized spacial score (nSPS) is 10.2. The number of halogens is 3. The van der Waals surface area contributed by atoms with Gasteiger partial charge in [-0.1, -0.05) is 11.6 Å². The maximum Gasteiger partial charge on any atom is 0.224 e. The summed E-state index contributed by atoms with van der Waals surface area (Å²) < 4.78 is 13.3. The molecule has 0 bridgehead atoms. The zero-order valence-electron chi connectivity index (χ0n) is 7.92. The standard InChI is InChI=1S/C10H6Cl2FN3/c11-6-1-3-7(4-2-6)15-9-8(13)5-14-10(12)16-9/h1-5H,(H,14,15,16). The van der Waals surface area contributed by atoms with Gasteiger partial charge in [0.05, 0.1) is 6.20 Å². The van der Waals surface area contributed by atoms with Crippen LogP contribution in [0.2, 0.25) is 10.3 Å². The number of hydrogen-bond acceptors (Lipinski definition) is 3. The molecule has 1 aromatic heterocycles. The van der Waals surface area contributed by atoms with Gasteiger partial charge in [0.15, 0.2) is 11.6 Å². The summed E-state index contributed by atoms with van der Waals surface area (Å²) in [5.41, 5.74) is 0.665. The monoisotopic (exact) mass is 257 g/mol. The summed E-state index contributed by atoms with van der Waals surface area (Å²) in [6.45, 7) is 0. The fourth-order valence-electron chi connectivity index (χ4n) is 1.10. The van der Waals surface area contributed by atoms with Crippen molar-refractivity contribution in [2.45, 2.75) is 0 Å². The van der Waals surface area contributed by atoms with Gasteiger partial charge in [0.25, 0.3) is 0 Å². The van der Waals surface area contributed by atoms with E-state index in [0.29, 0.717) is 10.7 Å². The smallest absolute Gasteiger partial charge is 0.224 e. The van der Waals surface area contributed by atoms with Crippen molar-refractivity contribution >= 4 is 34.7 Å². The number of benzene rings is 1. The van der Waals surface area contributed by atoms with Gasteiger partial charge >= 0.3 is 0 Å². The molecule has 0 aliphatic heterocycles. The first-order chi connectivity index (χ1) is 7.65. The molecule has 0 amide bonds. The van der Waals surface area contributed by atoms with Gasteiger partial charge in [-0.15, -0.1) is 0 Å². The summed E-state index contributed by atoms with van der Waals surface area (Å²) in [5, 5.41) is 3.36. The second-order valence-electron chi connectivity index (χ2n) is 2.97. The van der Waals surface area contributed by atoms with E-state index in [-0.39, 0.29) is 11.1 Å². The molecule has 3 nitrogen and oxygen atoms in total. The van der Waals surface area contributed by atoms with Crippen molar-refractivity contribution in [1.29, 1.82) is 0 Å². The highest BCUT2D eigenvalue weighted by molar-refractivity contribution is 6.30. The van der Waals surface area contributed by atoms with Crippen molar-refractivity contribution in [1.82, 2.24) is 9.97 Å². The van der Waals surface area contributed by atoms with Gasteiger partial charge < -0.3 is 5.32 Å². The first-order valence-electron chi connectivity index (χ1n) is 4.36. The largest absolute Gasteiger partial charge is 0.338 e. The van der Waals surface area contributed by atoms with Crippen molar-refractivity contribution in [3.63, 3.8) is 0 Å². The molecule has 82 valence electrons. The van der Waals surface area contributed by atoms with E-state index in [1.54, 1.807) is 24.3 Å². The molecule has 0 spiro atoms.